The van der Waals surface area contributed by atoms with Crippen molar-refractivity contribution >= 4 is 0 Å². The molecule has 2 atom stereocenters. The maximum atomic E-state index is 5.13. The molecule has 3 nitrogen and oxygen atoms in total. The van der Waals surface area contributed by atoms with Gasteiger partial charge in [0, 0.05) is 26.2 Å². The zero-order valence-electron chi connectivity index (χ0n) is 10.5. The molecule has 3 heteroatoms. The molecule has 0 heterocycles. The van der Waals surface area contributed by atoms with E-state index in [2.05, 4.69) is 24.2 Å². The third kappa shape index (κ3) is 4.09. The molecule has 1 rings (SSSR count). The summed E-state index contributed by atoms with van der Waals surface area (Å²) >= 11 is 0. The monoisotopic (exact) mass is 214 g/mol. The molecule has 2 unspecified atom stereocenters. The molecule has 90 valence electrons. The average Bonchev–Trinajstić information content (AvgIpc) is 2.71. The Morgan fingerprint density at radius 1 is 1.40 bits per heavy atom. The number of hydrogen-bond donors (Lipinski definition) is 1. The van der Waals surface area contributed by atoms with Gasteiger partial charge in [0.1, 0.15) is 0 Å². The first-order valence-corrected chi connectivity index (χ1v) is 6.20. The topological polar surface area (TPSA) is 24.5 Å². The summed E-state index contributed by atoms with van der Waals surface area (Å²) in [5.41, 5.74) is 0. The molecule has 0 aliphatic heterocycles. The van der Waals surface area contributed by atoms with Crippen LogP contribution in [0.2, 0.25) is 0 Å². The first kappa shape index (κ1) is 12.9. The van der Waals surface area contributed by atoms with E-state index in [1.807, 2.05) is 0 Å². The first-order valence-electron chi connectivity index (χ1n) is 6.20. The molecule has 1 aliphatic carbocycles. The SMILES string of the molecule is CCN(CCOC)CC1CCCC1NC. The van der Waals surface area contributed by atoms with Gasteiger partial charge in [-0.05, 0) is 32.4 Å². The molecular formula is C12H26N2O. The molecule has 0 aromatic rings. The molecule has 1 N–H and O–H groups in total. The summed E-state index contributed by atoms with van der Waals surface area (Å²) < 4.78 is 5.13. The Labute approximate surface area is 94.2 Å². The summed E-state index contributed by atoms with van der Waals surface area (Å²) in [6, 6.07) is 0.738. The minimum Gasteiger partial charge on any atom is -0.383 e. The van der Waals surface area contributed by atoms with Crippen LogP contribution >= 0.6 is 0 Å². The number of hydrogen-bond acceptors (Lipinski definition) is 3. The number of rotatable bonds is 7. The van der Waals surface area contributed by atoms with E-state index in [4.69, 9.17) is 4.74 Å². The van der Waals surface area contributed by atoms with Crippen molar-refractivity contribution in [2.75, 3.05) is 40.4 Å². The van der Waals surface area contributed by atoms with Crippen LogP contribution in [-0.2, 0) is 4.74 Å². The molecule has 0 aromatic carbocycles. The summed E-state index contributed by atoms with van der Waals surface area (Å²) in [6.07, 6.45) is 4.12. The molecule has 0 aromatic heterocycles. The number of nitrogens with zero attached hydrogens (tertiary/aromatic N) is 1. The van der Waals surface area contributed by atoms with Gasteiger partial charge in [0.25, 0.3) is 0 Å². The van der Waals surface area contributed by atoms with Gasteiger partial charge in [-0.1, -0.05) is 13.3 Å². The Morgan fingerprint density at radius 2 is 2.20 bits per heavy atom. The molecule has 0 spiro atoms. The van der Waals surface area contributed by atoms with Crippen molar-refractivity contribution in [2.24, 2.45) is 5.92 Å². The van der Waals surface area contributed by atoms with Gasteiger partial charge in [-0.15, -0.1) is 0 Å². The Morgan fingerprint density at radius 3 is 2.80 bits per heavy atom. The number of nitrogens with one attached hydrogen (secondary N) is 1. The number of methoxy groups -OCH3 is 1. The van der Waals surface area contributed by atoms with Gasteiger partial charge in [-0.2, -0.15) is 0 Å². The Kier molecular flexibility index (Phi) is 6.22. The van der Waals surface area contributed by atoms with E-state index >= 15 is 0 Å². The average molecular weight is 214 g/mol. The van der Waals surface area contributed by atoms with Crippen LogP contribution in [0.5, 0.6) is 0 Å². The van der Waals surface area contributed by atoms with Crippen LogP contribution in [-0.4, -0.2) is 51.3 Å². The minimum absolute atomic E-state index is 0.738. The molecule has 0 bridgehead atoms. The van der Waals surface area contributed by atoms with Crippen molar-refractivity contribution < 1.29 is 4.74 Å². The highest BCUT2D eigenvalue weighted by molar-refractivity contribution is 4.84. The molecule has 0 amide bonds. The van der Waals surface area contributed by atoms with Gasteiger partial charge >= 0.3 is 0 Å². The molecule has 0 saturated heterocycles. The van der Waals surface area contributed by atoms with Crippen molar-refractivity contribution in [3.8, 4) is 0 Å². The largest absolute Gasteiger partial charge is 0.383 e. The standard InChI is InChI=1S/C12H26N2O/c1-4-14(8-9-15-3)10-11-6-5-7-12(11)13-2/h11-13H,4-10H2,1-3H3. The zero-order valence-corrected chi connectivity index (χ0v) is 10.5. The fourth-order valence-corrected chi connectivity index (χ4v) is 2.57. The maximum absolute atomic E-state index is 5.13. The van der Waals surface area contributed by atoms with E-state index < -0.39 is 0 Å². The summed E-state index contributed by atoms with van der Waals surface area (Å²) in [7, 11) is 3.87. The van der Waals surface area contributed by atoms with Crippen LogP contribution in [0.1, 0.15) is 26.2 Å². The molecule has 0 radical (unpaired) electrons. The van der Waals surface area contributed by atoms with E-state index in [1.165, 1.54) is 25.8 Å². The van der Waals surface area contributed by atoms with E-state index in [-0.39, 0.29) is 0 Å². The van der Waals surface area contributed by atoms with Crippen LogP contribution in [0.15, 0.2) is 0 Å². The lowest BCUT2D eigenvalue weighted by molar-refractivity contribution is 0.137. The summed E-state index contributed by atoms with van der Waals surface area (Å²) in [4.78, 5) is 2.50. The molecule has 1 fully saturated rings. The lowest BCUT2D eigenvalue weighted by Gasteiger charge is -2.27. The van der Waals surface area contributed by atoms with Gasteiger partial charge in [0.15, 0.2) is 0 Å². The van der Waals surface area contributed by atoms with Gasteiger partial charge in [-0.25, -0.2) is 0 Å². The normalized spacial score (nSPS) is 26.4. The van der Waals surface area contributed by atoms with Crippen LogP contribution in [0.3, 0.4) is 0 Å². The van der Waals surface area contributed by atoms with Crippen LogP contribution in [0, 0.1) is 5.92 Å². The fraction of sp³-hybridized carbons (Fsp3) is 1.00. The molecule has 1 aliphatic rings. The second kappa shape index (κ2) is 7.20. The predicted octanol–water partition coefficient (Wildman–Crippen LogP) is 1.34. The highest BCUT2D eigenvalue weighted by atomic mass is 16.5. The number of likely N-dealkylation sites (N-methyl/N-ethyl adjacent to an activating group) is 1. The smallest absolute Gasteiger partial charge is 0.0589 e. The van der Waals surface area contributed by atoms with Crippen LogP contribution in [0.4, 0.5) is 0 Å². The Balaban J connectivity index is 2.29. The number of ether oxygens (including phenoxy) is 1. The quantitative estimate of drug-likeness (QED) is 0.692. The molecular weight excluding hydrogens is 188 g/mol. The van der Waals surface area contributed by atoms with Crippen molar-refractivity contribution in [1.82, 2.24) is 10.2 Å². The van der Waals surface area contributed by atoms with Crippen molar-refractivity contribution in [3.63, 3.8) is 0 Å². The fourth-order valence-electron chi connectivity index (χ4n) is 2.57. The second-order valence-corrected chi connectivity index (χ2v) is 4.47. The van der Waals surface area contributed by atoms with Gasteiger partial charge < -0.3 is 15.0 Å². The van der Waals surface area contributed by atoms with Crippen LogP contribution in [0.25, 0.3) is 0 Å². The van der Waals surface area contributed by atoms with Gasteiger partial charge in [-0.3, -0.25) is 0 Å². The first-order chi connectivity index (χ1) is 7.31. The highest BCUT2D eigenvalue weighted by Crippen LogP contribution is 2.26. The highest BCUT2D eigenvalue weighted by Gasteiger charge is 2.26. The predicted molar refractivity (Wildman–Crippen MR) is 64.2 cm³/mol. The lowest BCUT2D eigenvalue weighted by Crippen LogP contribution is -2.39. The minimum atomic E-state index is 0.738. The summed E-state index contributed by atoms with van der Waals surface area (Å²) in [6.45, 7) is 6.52. The zero-order chi connectivity index (χ0) is 11.1. The van der Waals surface area contributed by atoms with E-state index in [0.717, 1.165) is 31.7 Å². The Hall–Kier alpha value is -0.120. The van der Waals surface area contributed by atoms with Gasteiger partial charge in [0.2, 0.25) is 0 Å². The summed E-state index contributed by atoms with van der Waals surface area (Å²) in [5.74, 6) is 0.840. The van der Waals surface area contributed by atoms with Crippen molar-refractivity contribution in [2.45, 2.75) is 32.2 Å². The molecule has 1 saturated carbocycles. The summed E-state index contributed by atoms with van der Waals surface area (Å²) in [5, 5.41) is 3.44. The van der Waals surface area contributed by atoms with Crippen molar-refractivity contribution in [1.29, 1.82) is 0 Å². The van der Waals surface area contributed by atoms with E-state index in [1.54, 1.807) is 7.11 Å². The lowest BCUT2D eigenvalue weighted by atomic mass is 10.0. The van der Waals surface area contributed by atoms with Gasteiger partial charge in [0.05, 0.1) is 6.61 Å². The van der Waals surface area contributed by atoms with E-state index in [0.29, 0.717) is 0 Å². The van der Waals surface area contributed by atoms with Crippen LogP contribution < -0.4 is 5.32 Å². The molecule has 15 heavy (non-hydrogen) atoms. The third-order valence-corrected chi connectivity index (χ3v) is 3.58. The Bertz CT molecular complexity index is 164. The maximum Gasteiger partial charge on any atom is 0.0589 e. The van der Waals surface area contributed by atoms with Crippen molar-refractivity contribution in [3.05, 3.63) is 0 Å². The third-order valence-electron chi connectivity index (χ3n) is 3.58. The van der Waals surface area contributed by atoms with E-state index in [9.17, 15) is 0 Å². The second-order valence-electron chi connectivity index (χ2n) is 4.47.